The van der Waals surface area contributed by atoms with Crippen molar-refractivity contribution in [3.05, 3.63) is 78.4 Å². The normalized spacial score (nSPS) is 11.9. The Morgan fingerprint density at radius 3 is 1.56 bits per heavy atom. The van der Waals surface area contributed by atoms with Gasteiger partial charge in [-0.3, -0.25) is 0 Å². The number of hydrogen-bond acceptors (Lipinski definition) is 0. The molecule has 0 heteroatoms. The van der Waals surface area contributed by atoms with Crippen molar-refractivity contribution < 1.29 is 0 Å². The lowest BCUT2D eigenvalue weighted by Gasteiger charge is -1.99. The molecule has 0 bridgehead atoms. The largest absolute Gasteiger partial charge is 0.0990 e. The van der Waals surface area contributed by atoms with Crippen LogP contribution in [0.4, 0.5) is 0 Å². The number of allylic oxidation sites excluding steroid dienone is 2. The zero-order valence-corrected chi connectivity index (χ0v) is 8.98. The Morgan fingerprint density at radius 2 is 1.12 bits per heavy atom. The lowest BCUT2D eigenvalue weighted by molar-refractivity contribution is 1.65. The van der Waals surface area contributed by atoms with Crippen LogP contribution >= 0.6 is 0 Å². The molecule has 76 valence electrons. The monoisotopic (exact) mass is 204 g/mol. The van der Waals surface area contributed by atoms with Gasteiger partial charge in [-0.15, -0.1) is 0 Å². The molecular formula is C16H12. The van der Waals surface area contributed by atoms with Gasteiger partial charge in [0.2, 0.25) is 0 Å². The smallest absolute Gasteiger partial charge is 0.00990 e. The van der Waals surface area contributed by atoms with Crippen molar-refractivity contribution in [1.82, 2.24) is 0 Å². The van der Waals surface area contributed by atoms with Gasteiger partial charge in [0.1, 0.15) is 0 Å². The van der Waals surface area contributed by atoms with E-state index in [1.165, 1.54) is 27.8 Å². The Bertz CT molecular complexity index is 541. The average molecular weight is 204 g/mol. The lowest BCUT2D eigenvalue weighted by atomic mass is 10.0. The molecule has 0 unspecified atom stereocenters. The van der Waals surface area contributed by atoms with Crippen LogP contribution in [0.3, 0.4) is 0 Å². The third-order valence-electron chi connectivity index (χ3n) is 3.01. The van der Waals surface area contributed by atoms with E-state index >= 15 is 0 Å². The van der Waals surface area contributed by atoms with Crippen LogP contribution in [0.5, 0.6) is 0 Å². The maximum atomic E-state index is 3.79. The molecule has 0 aliphatic heterocycles. The van der Waals surface area contributed by atoms with Crippen molar-refractivity contribution in [2.75, 3.05) is 0 Å². The first kappa shape index (κ1) is 9.17. The highest BCUT2D eigenvalue weighted by atomic mass is 14.2. The van der Waals surface area contributed by atoms with Gasteiger partial charge in [0.25, 0.3) is 0 Å². The standard InChI is InChI=1S/C16H12/c1-2-7-12-13-8-3-5-10-15(13)16-11-6-4-9-14(12)16/h2-11H,1H2. The quantitative estimate of drug-likeness (QED) is 0.555. The molecule has 0 heterocycles. The second-order valence-corrected chi connectivity index (χ2v) is 3.91. The average Bonchev–Trinajstić information content (AvgIpc) is 2.66. The maximum absolute atomic E-state index is 3.79. The second-order valence-electron chi connectivity index (χ2n) is 3.91. The first-order chi connectivity index (χ1) is 7.92. The third kappa shape index (κ3) is 1.17. The zero-order chi connectivity index (χ0) is 11.0. The van der Waals surface area contributed by atoms with Crippen LogP contribution in [-0.2, 0) is 0 Å². The minimum absolute atomic E-state index is 1.28. The molecule has 2 aromatic carbocycles. The maximum Gasteiger partial charge on any atom is -0.00990 e. The Hall–Kier alpha value is -2.08. The van der Waals surface area contributed by atoms with E-state index in [-0.39, 0.29) is 0 Å². The highest BCUT2D eigenvalue weighted by Gasteiger charge is 2.21. The molecule has 0 saturated carbocycles. The summed E-state index contributed by atoms with van der Waals surface area (Å²) in [5.74, 6) is 0. The predicted octanol–water partition coefficient (Wildman–Crippen LogP) is 4.28. The van der Waals surface area contributed by atoms with Gasteiger partial charge in [-0.05, 0) is 27.8 Å². The molecular weight excluding hydrogens is 192 g/mol. The van der Waals surface area contributed by atoms with Gasteiger partial charge in [0.15, 0.2) is 0 Å². The zero-order valence-electron chi connectivity index (χ0n) is 8.98. The van der Waals surface area contributed by atoms with Crippen LogP contribution < -0.4 is 0 Å². The van der Waals surface area contributed by atoms with Gasteiger partial charge >= 0.3 is 0 Å². The summed E-state index contributed by atoms with van der Waals surface area (Å²) >= 11 is 0. The van der Waals surface area contributed by atoms with Crippen LogP contribution in [0.2, 0.25) is 0 Å². The molecule has 0 N–H and O–H groups in total. The van der Waals surface area contributed by atoms with E-state index in [0.29, 0.717) is 0 Å². The molecule has 2 aromatic rings. The van der Waals surface area contributed by atoms with E-state index in [1.54, 1.807) is 0 Å². The van der Waals surface area contributed by atoms with Gasteiger partial charge in [0.05, 0.1) is 0 Å². The molecule has 0 nitrogen and oxygen atoms in total. The SMILES string of the molecule is C=CC=C1c2ccccc2-c2ccccc21. The van der Waals surface area contributed by atoms with Crippen molar-refractivity contribution in [3.63, 3.8) is 0 Å². The summed E-state index contributed by atoms with van der Waals surface area (Å²) < 4.78 is 0. The van der Waals surface area contributed by atoms with E-state index in [1.807, 2.05) is 6.08 Å². The van der Waals surface area contributed by atoms with Crippen molar-refractivity contribution in [2.24, 2.45) is 0 Å². The Labute approximate surface area is 95.6 Å². The van der Waals surface area contributed by atoms with Crippen molar-refractivity contribution >= 4 is 5.57 Å². The fraction of sp³-hybridized carbons (Fsp3) is 0. The Balaban J connectivity index is 2.38. The predicted molar refractivity (Wildman–Crippen MR) is 69.2 cm³/mol. The van der Waals surface area contributed by atoms with Crippen LogP contribution in [0.1, 0.15) is 11.1 Å². The molecule has 1 aliphatic rings. The molecule has 0 atom stereocenters. The number of benzene rings is 2. The molecule has 0 fully saturated rings. The van der Waals surface area contributed by atoms with E-state index in [2.05, 4.69) is 61.2 Å². The molecule has 3 rings (SSSR count). The Morgan fingerprint density at radius 1 is 0.688 bits per heavy atom. The fourth-order valence-corrected chi connectivity index (χ4v) is 2.35. The molecule has 0 saturated heterocycles. The summed E-state index contributed by atoms with van der Waals surface area (Å²) in [6, 6.07) is 17.0. The number of hydrogen-bond donors (Lipinski definition) is 0. The summed E-state index contributed by atoms with van der Waals surface area (Å²) in [6.07, 6.45) is 3.94. The summed E-state index contributed by atoms with van der Waals surface area (Å²) in [5, 5.41) is 0. The van der Waals surface area contributed by atoms with Crippen LogP contribution in [0.25, 0.3) is 16.7 Å². The summed E-state index contributed by atoms with van der Waals surface area (Å²) in [7, 11) is 0. The van der Waals surface area contributed by atoms with Crippen LogP contribution in [0, 0.1) is 0 Å². The molecule has 0 amide bonds. The van der Waals surface area contributed by atoms with E-state index in [4.69, 9.17) is 0 Å². The van der Waals surface area contributed by atoms with Crippen LogP contribution in [0.15, 0.2) is 67.3 Å². The lowest BCUT2D eigenvalue weighted by Crippen LogP contribution is -1.78. The van der Waals surface area contributed by atoms with Crippen molar-refractivity contribution in [3.8, 4) is 11.1 Å². The van der Waals surface area contributed by atoms with Gasteiger partial charge in [0, 0.05) is 0 Å². The molecule has 1 aliphatic carbocycles. The van der Waals surface area contributed by atoms with E-state index < -0.39 is 0 Å². The Kier molecular flexibility index (Phi) is 2.00. The van der Waals surface area contributed by atoms with Gasteiger partial charge in [-0.2, -0.15) is 0 Å². The molecule has 0 radical (unpaired) electrons. The van der Waals surface area contributed by atoms with Crippen molar-refractivity contribution in [1.29, 1.82) is 0 Å². The second kappa shape index (κ2) is 3.49. The van der Waals surface area contributed by atoms with Gasteiger partial charge < -0.3 is 0 Å². The number of fused-ring (bicyclic) bond motifs is 3. The fourth-order valence-electron chi connectivity index (χ4n) is 2.35. The first-order valence-corrected chi connectivity index (χ1v) is 5.43. The summed E-state index contributed by atoms with van der Waals surface area (Å²) in [4.78, 5) is 0. The molecule has 0 aromatic heterocycles. The highest BCUT2D eigenvalue weighted by Crippen LogP contribution is 2.43. The highest BCUT2D eigenvalue weighted by molar-refractivity contribution is 6.01. The summed E-state index contributed by atoms with van der Waals surface area (Å²) in [5.41, 5.74) is 6.55. The summed E-state index contributed by atoms with van der Waals surface area (Å²) in [6.45, 7) is 3.79. The molecule has 16 heavy (non-hydrogen) atoms. The van der Waals surface area contributed by atoms with Crippen LogP contribution in [-0.4, -0.2) is 0 Å². The van der Waals surface area contributed by atoms with Gasteiger partial charge in [-0.1, -0.05) is 67.3 Å². The number of rotatable bonds is 1. The minimum Gasteiger partial charge on any atom is -0.0990 e. The third-order valence-corrected chi connectivity index (χ3v) is 3.01. The van der Waals surface area contributed by atoms with E-state index in [9.17, 15) is 0 Å². The minimum atomic E-state index is 1.28. The van der Waals surface area contributed by atoms with E-state index in [0.717, 1.165) is 0 Å². The van der Waals surface area contributed by atoms with Crippen molar-refractivity contribution in [2.45, 2.75) is 0 Å². The first-order valence-electron chi connectivity index (χ1n) is 5.43. The van der Waals surface area contributed by atoms with Gasteiger partial charge in [-0.25, -0.2) is 0 Å². The molecule has 0 spiro atoms. The topological polar surface area (TPSA) is 0 Å².